The topological polar surface area (TPSA) is 34.0 Å². The monoisotopic (exact) mass is 402 g/mol. The predicted octanol–water partition coefficient (Wildman–Crippen LogP) is 4.60. The van der Waals surface area contributed by atoms with Crippen LogP contribution in [0.25, 0.3) is 11.4 Å². The number of rotatable bonds is 5. The van der Waals surface area contributed by atoms with E-state index in [1.54, 1.807) is 11.8 Å². The molecule has 0 saturated carbocycles. The van der Waals surface area contributed by atoms with Crippen molar-refractivity contribution in [3.8, 4) is 11.4 Å². The normalized spacial score (nSPS) is 10.8. The highest BCUT2D eigenvalue weighted by molar-refractivity contribution is 9.10. The molecule has 124 valence electrons. The van der Waals surface area contributed by atoms with E-state index in [1.165, 1.54) is 11.3 Å². The Bertz CT molecular complexity index is 810. The highest BCUT2D eigenvalue weighted by Crippen LogP contribution is 2.26. The van der Waals surface area contributed by atoms with Gasteiger partial charge in [-0.05, 0) is 42.0 Å². The Labute approximate surface area is 155 Å². The lowest BCUT2D eigenvalue weighted by Crippen LogP contribution is -2.08. The lowest BCUT2D eigenvalue weighted by Gasteiger charge is -2.12. The molecular formula is C18H19BrN4S. The van der Waals surface area contributed by atoms with Crippen LogP contribution in [0.1, 0.15) is 5.56 Å². The molecule has 4 nitrogen and oxygen atoms in total. The molecule has 0 aliphatic rings. The van der Waals surface area contributed by atoms with Gasteiger partial charge in [0.15, 0.2) is 11.0 Å². The summed E-state index contributed by atoms with van der Waals surface area (Å²) >= 11 is 5.16. The molecule has 0 fully saturated rings. The van der Waals surface area contributed by atoms with Crippen molar-refractivity contribution in [2.45, 2.75) is 10.9 Å². The predicted molar refractivity (Wildman–Crippen MR) is 104 cm³/mol. The van der Waals surface area contributed by atoms with Crippen molar-refractivity contribution in [2.24, 2.45) is 7.05 Å². The van der Waals surface area contributed by atoms with E-state index in [1.807, 2.05) is 25.7 Å². The SMILES string of the molecule is CN(C)c1ccc(-c2nnc(SCc3ccc(Br)cc3)n2C)cc1. The molecule has 2 aromatic carbocycles. The van der Waals surface area contributed by atoms with Crippen molar-refractivity contribution in [3.63, 3.8) is 0 Å². The molecule has 24 heavy (non-hydrogen) atoms. The van der Waals surface area contributed by atoms with Crippen LogP contribution in [0.15, 0.2) is 58.2 Å². The summed E-state index contributed by atoms with van der Waals surface area (Å²) < 4.78 is 3.15. The molecule has 0 N–H and O–H groups in total. The summed E-state index contributed by atoms with van der Waals surface area (Å²) in [6.07, 6.45) is 0. The van der Waals surface area contributed by atoms with Crippen LogP contribution in [0, 0.1) is 0 Å². The molecule has 0 amide bonds. The first kappa shape index (κ1) is 17.0. The number of thioether (sulfide) groups is 1. The molecule has 6 heteroatoms. The van der Waals surface area contributed by atoms with Gasteiger partial charge in [-0.2, -0.15) is 0 Å². The minimum Gasteiger partial charge on any atom is -0.378 e. The van der Waals surface area contributed by atoms with E-state index in [9.17, 15) is 0 Å². The van der Waals surface area contributed by atoms with Crippen LogP contribution < -0.4 is 4.90 Å². The fourth-order valence-electron chi connectivity index (χ4n) is 2.33. The van der Waals surface area contributed by atoms with Crippen molar-refractivity contribution in [1.82, 2.24) is 14.8 Å². The summed E-state index contributed by atoms with van der Waals surface area (Å²) in [4.78, 5) is 2.08. The third kappa shape index (κ3) is 3.82. The summed E-state index contributed by atoms with van der Waals surface area (Å²) in [6.45, 7) is 0. The van der Waals surface area contributed by atoms with Crippen molar-refractivity contribution in [1.29, 1.82) is 0 Å². The summed E-state index contributed by atoms with van der Waals surface area (Å²) in [6, 6.07) is 16.7. The zero-order chi connectivity index (χ0) is 17.1. The maximum atomic E-state index is 4.36. The van der Waals surface area contributed by atoms with E-state index in [-0.39, 0.29) is 0 Å². The Morgan fingerprint density at radius 3 is 2.29 bits per heavy atom. The smallest absolute Gasteiger partial charge is 0.191 e. The molecule has 0 unspecified atom stereocenters. The Morgan fingerprint density at radius 1 is 1.00 bits per heavy atom. The zero-order valence-corrected chi connectivity index (χ0v) is 16.3. The average Bonchev–Trinajstić information content (AvgIpc) is 2.95. The van der Waals surface area contributed by atoms with Gasteiger partial charge in [0.25, 0.3) is 0 Å². The lowest BCUT2D eigenvalue weighted by atomic mass is 10.2. The van der Waals surface area contributed by atoms with Gasteiger partial charge >= 0.3 is 0 Å². The van der Waals surface area contributed by atoms with Gasteiger partial charge in [0.2, 0.25) is 0 Å². The second kappa shape index (κ2) is 7.40. The molecular weight excluding hydrogens is 384 g/mol. The maximum Gasteiger partial charge on any atom is 0.191 e. The van der Waals surface area contributed by atoms with Gasteiger partial charge in [-0.1, -0.05) is 39.8 Å². The summed E-state index contributed by atoms with van der Waals surface area (Å²) in [5.41, 5.74) is 3.51. The Morgan fingerprint density at radius 2 is 1.67 bits per heavy atom. The molecule has 1 heterocycles. The minimum atomic E-state index is 0.874. The Balaban J connectivity index is 1.74. The third-order valence-corrected chi connectivity index (χ3v) is 5.38. The molecule has 0 aliphatic heterocycles. The number of aromatic nitrogens is 3. The van der Waals surface area contributed by atoms with Crippen LogP contribution in [-0.2, 0) is 12.8 Å². The number of nitrogens with zero attached hydrogens (tertiary/aromatic N) is 4. The molecule has 0 bridgehead atoms. The number of halogens is 1. The highest BCUT2D eigenvalue weighted by Gasteiger charge is 2.11. The summed E-state index contributed by atoms with van der Waals surface area (Å²) in [5.74, 6) is 1.76. The van der Waals surface area contributed by atoms with Gasteiger partial charge in [0.1, 0.15) is 0 Å². The zero-order valence-electron chi connectivity index (χ0n) is 13.9. The molecule has 0 aliphatic carbocycles. The van der Waals surface area contributed by atoms with E-state index < -0.39 is 0 Å². The van der Waals surface area contributed by atoms with Crippen LogP contribution in [0.3, 0.4) is 0 Å². The van der Waals surface area contributed by atoms with Gasteiger partial charge in [0, 0.05) is 42.6 Å². The first-order valence-corrected chi connectivity index (χ1v) is 9.37. The summed E-state index contributed by atoms with van der Waals surface area (Å²) in [7, 11) is 6.08. The van der Waals surface area contributed by atoms with Crippen LogP contribution in [-0.4, -0.2) is 28.9 Å². The highest BCUT2D eigenvalue weighted by atomic mass is 79.9. The van der Waals surface area contributed by atoms with Gasteiger partial charge in [-0.25, -0.2) is 0 Å². The number of anilines is 1. The second-order valence-corrected chi connectivity index (χ2v) is 7.58. The van der Waals surface area contributed by atoms with Gasteiger partial charge in [-0.3, -0.25) is 0 Å². The van der Waals surface area contributed by atoms with E-state index in [4.69, 9.17) is 0 Å². The number of hydrogen-bond acceptors (Lipinski definition) is 4. The van der Waals surface area contributed by atoms with Crippen LogP contribution in [0.2, 0.25) is 0 Å². The number of hydrogen-bond donors (Lipinski definition) is 0. The van der Waals surface area contributed by atoms with E-state index in [0.29, 0.717) is 0 Å². The standard InChI is InChI=1S/C18H19BrN4S/c1-22(2)16-10-6-14(7-11-16)17-20-21-18(23(17)3)24-12-13-4-8-15(19)9-5-13/h4-11H,12H2,1-3H3. The molecule has 1 aromatic heterocycles. The number of benzene rings is 2. The first-order valence-electron chi connectivity index (χ1n) is 7.59. The largest absolute Gasteiger partial charge is 0.378 e. The fraction of sp³-hybridized carbons (Fsp3) is 0.222. The van der Waals surface area contributed by atoms with Gasteiger partial charge in [0.05, 0.1) is 0 Å². The van der Waals surface area contributed by atoms with Crippen LogP contribution >= 0.6 is 27.7 Å². The molecule has 0 spiro atoms. The van der Waals surface area contributed by atoms with Crippen molar-refractivity contribution >= 4 is 33.4 Å². The van der Waals surface area contributed by atoms with E-state index in [0.717, 1.165) is 26.8 Å². The minimum absolute atomic E-state index is 0.874. The van der Waals surface area contributed by atoms with Crippen molar-refractivity contribution in [2.75, 3.05) is 19.0 Å². The molecule has 3 rings (SSSR count). The lowest BCUT2D eigenvalue weighted by molar-refractivity contribution is 0.794. The van der Waals surface area contributed by atoms with E-state index in [2.05, 4.69) is 79.6 Å². The second-order valence-electron chi connectivity index (χ2n) is 5.72. The maximum absolute atomic E-state index is 4.36. The summed E-state index contributed by atoms with van der Waals surface area (Å²) in [5, 5.41) is 9.62. The molecule has 0 saturated heterocycles. The fourth-order valence-corrected chi connectivity index (χ4v) is 3.46. The molecule has 0 radical (unpaired) electrons. The average molecular weight is 403 g/mol. The molecule has 0 atom stereocenters. The van der Waals surface area contributed by atoms with E-state index >= 15 is 0 Å². The van der Waals surface area contributed by atoms with Crippen molar-refractivity contribution < 1.29 is 0 Å². The van der Waals surface area contributed by atoms with Gasteiger partial charge < -0.3 is 9.47 Å². The quantitative estimate of drug-likeness (QED) is 0.583. The van der Waals surface area contributed by atoms with Gasteiger partial charge in [-0.15, -0.1) is 10.2 Å². The Kier molecular flexibility index (Phi) is 5.26. The Hall–Kier alpha value is -1.79. The third-order valence-electron chi connectivity index (χ3n) is 3.76. The molecule has 3 aromatic rings. The van der Waals surface area contributed by atoms with Crippen LogP contribution in [0.4, 0.5) is 5.69 Å². The van der Waals surface area contributed by atoms with Crippen LogP contribution in [0.5, 0.6) is 0 Å². The first-order chi connectivity index (χ1) is 11.5. The van der Waals surface area contributed by atoms with Crippen molar-refractivity contribution in [3.05, 3.63) is 58.6 Å².